The van der Waals surface area contributed by atoms with Gasteiger partial charge in [-0.3, -0.25) is 9.59 Å². The number of benzene rings is 1. The zero-order valence-corrected chi connectivity index (χ0v) is 12.0. The maximum atomic E-state index is 12.6. The van der Waals surface area contributed by atoms with E-state index in [-0.39, 0.29) is 11.8 Å². The summed E-state index contributed by atoms with van der Waals surface area (Å²) < 4.78 is 0. The molecule has 2 unspecified atom stereocenters. The molecule has 1 fully saturated rings. The summed E-state index contributed by atoms with van der Waals surface area (Å²) in [6.45, 7) is 4.48. The van der Waals surface area contributed by atoms with Crippen molar-refractivity contribution in [1.29, 1.82) is 0 Å². The van der Waals surface area contributed by atoms with Crippen molar-refractivity contribution in [2.45, 2.75) is 33.1 Å². The Morgan fingerprint density at radius 3 is 2.35 bits per heavy atom. The van der Waals surface area contributed by atoms with Gasteiger partial charge in [0.2, 0.25) is 5.91 Å². The number of carbonyl (C=O) groups excluding carboxylic acids is 1. The van der Waals surface area contributed by atoms with Crippen molar-refractivity contribution >= 4 is 17.6 Å². The number of hydrogen-bond donors (Lipinski definition) is 1. The van der Waals surface area contributed by atoms with Crippen molar-refractivity contribution in [3.63, 3.8) is 0 Å². The third-order valence-corrected chi connectivity index (χ3v) is 4.08. The summed E-state index contributed by atoms with van der Waals surface area (Å²) in [7, 11) is 0. The minimum absolute atomic E-state index is 0.0544. The number of carboxylic acids is 1. The van der Waals surface area contributed by atoms with Crippen molar-refractivity contribution < 1.29 is 14.7 Å². The van der Waals surface area contributed by atoms with Crippen LogP contribution in [0.5, 0.6) is 0 Å². The van der Waals surface area contributed by atoms with E-state index in [2.05, 4.69) is 0 Å². The van der Waals surface area contributed by atoms with Crippen molar-refractivity contribution in [2.24, 2.45) is 11.8 Å². The molecule has 1 aromatic carbocycles. The molecule has 1 N–H and O–H groups in total. The molecule has 0 saturated heterocycles. The fraction of sp³-hybridized carbons (Fsp3) is 0.500. The first-order valence-corrected chi connectivity index (χ1v) is 7.15. The quantitative estimate of drug-likeness (QED) is 0.919. The van der Waals surface area contributed by atoms with Crippen LogP contribution in [-0.2, 0) is 9.59 Å². The summed E-state index contributed by atoms with van der Waals surface area (Å²) in [4.78, 5) is 25.6. The van der Waals surface area contributed by atoms with E-state index in [4.69, 9.17) is 0 Å². The highest BCUT2D eigenvalue weighted by atomic mass is 16.4. The minimum Gasteiger partial charge on any atom is -0.481 e. The molecule has 0 radical (unpaired) electrons. The van der Waals surface area contributed by atoms with Gasteiger partial charge in [0, 0.05) is 12.2 Å². The number of nitrogens with zero attached hydrogens (tertiary/aromatic N) is 1. The molecule has 2 atom stereocenters. The molecular weight excluding hydrogens is 254 g/mol. The second kappa shape index (κ2) is 6.07. The Bertz CT molecular complexity index is 495. The lowest BCUT2D eigenvalue weighted by atomic mass is 9.94. The van der Waals surface area contributed by atoms with Gasteiger partial charge in [0.05, 0.1) is 11.8 Å². The van der Waals surface area contributed by atoms with Crippen LogP contribution in [0.15, 0.2) is 24.3 Å². The van der Waals surface area contributed by atoms with Gasteiger partial charge in [-0.1, -0.05) is 24.1 Å². The van der Waals surface area contributed by atoms with Crippen LogP contribution < -0.4 is 4.90 Å². The van der Waals surface area contributed by atoms with Crippen molar-refractivity contribution in [2.75, 3.05) is 11.4 Å². The summed E-state index contributed by atoms with van der Waals surface area (Å²) in [5, 5.41) is 9.22. The van der Waals surface area contributed by atoms with Gasteiger partial charge < -0.3 is 10.0 Å². The molecule has 4 nitrogen and oxygen atoms in total. The van der Waals surface area contributed by atoms with Crippen LogP contribution in [0.3, 0.4) is 0 Å². The fourth-order valence-electron chi connectivity index (χ4n) is 2.94. The van der Waals surface area contributed by atoms with Crippen LogP contribution in [0.4, 0.5) is 5.69 Å². The van der Waals surface area contributed by atoms with Crippen LogP contribution in [0, 0.1) is 18.8 Å². The number of amides is 1. The van der Waals surface area contributed by atoms with Gasteiger partial charge in [-0.05, 0) is 38.8 Å². The number of carboxylic acid groups (broad SMARTS) is 1. The highest BCUT2D eigenvalue weighted by Crippen LogP contribution is 2.34. The Kier molecular flexibility index (Phi) is 4.42. The molecule has 0 aromatic heterocycles. The first-order chi connectivity index (χ1) is 9.54. The van der Waals surface area contributed by atoms with Crippen LogP contribution in [0.25, 0.3) is 0 Å². The Labute approximate surface area is 119 Å². The van der Waals surface area contributed by atoms with E-state index in [0.717, 1.165) is 17.7 Å². The normalized spacial score (nSPS) is 21.7. The van der Waals surface area contributed by atoms with Crippen molar-refractivity contribution in [3.05, 3.63) is 29.8 Å². The van der Waals surface area contributed by atoms with E-state index in [0.29, 0.717) is 19.4 Å². The van der Waals surface area contributed by atoms with Gasteiger partial charge in [0.15, 0.2) is 0 Å². The number of carbonyl (C=O) groups is 2. The predicted octanol–water partition coefficient (Wildman–Crippen LogP) is 2.85. The number of anilines is 1. The lowest BCUT2D eigenvalue weighted by Gasteiger charge is -2.26. The van der Waals surface area contributed by atoms with Crippen LogP contribution >= 0.6 is 0 Å². The van der Waals surface area contributed by atoms with Gasteiger partial charge in [-0.2, -0.15) is 0 Å². The van der Waals surface area contributed by atoms with E-state index in [1.807, 2.05) is 38.1 Å². The molecule has 1 aromatic rings. The Morgan fingerprint density at radius 1 is 1.20 bits per heavy atom. The zero-order valence-electron chi connectivity index (χ0n) is 12.0. The molecule has 1 saturated carbocycles. The van der Waals surface area contributed by atoms with Gasteiger partial charge in [-0.15, -0.1) is 0 Å². The van der Waals surface area contributed by atoms with E-state index < -0.39 is 11.9 Å². The molecule has 0 spiro atoms. The first-order valence-electron chi connectivity index (χ1n) is 7.15. The third kappa shape index (κ3) is 2.84. The summed E-state index contributed by atoms with van der Waals surface area (Å²) >= 11 is 0. The Hall–Kier alpha value is -1.84. The van der Waals surface area contributed by atoms with Crippen LogP contribution in [0.2, 0.25) is 0 Å². The van der Waals surface area contributed by atoms with Crippen molar-refractivity contribution in [3.8, 4) is 0 Å². The second-order valence-corrected chi connectivity index (χ2v) is 5.40. The average molecular weight is 275 g/mol. The first kappa shape index (κ1) is 14.6. The molecular formula is C16H21NO3. The van der Waals surface area contributed by atoms with E-state index in [1.165, 1.54) is 0 Å². The fourth-order valence-corrected chi connectivity index (χ4v) is 2.94. The molecule has 2 rings (SSSR count). The third-order valence-electron chi connectivity index (χ3n) is 4.08. The largest absolute Gasteiger partial charge is 0.481 e. The molecule has 0 aliphatic heterocycles. The van der Waals surface area contributed by atoms with Crippen LogP contribution in [0.1, 0.15) is 31.7 Å². The maximum Gasteiger partial charge on any atom is 0.307 e. The zero-order chi connectivity index (χ0) is 14.7. The van der Waals surface area contributed by atoms with Gasteiger partial charge in [-0.25, -0.2) is 0 Å². The standard InChI is InChI=1S/C16H21NO3/c1-3-17(12-9-7-11(2)8-10-12)15(18)13-5-4-6-14(13)16(19)20/h7-10,13-14H,3-6H2,1-2H3,(H,19,20). The highest BCUT2D eigenvalue weighted by molar-refractivity contribution is 5.97. The van der Waals surface area contributed by atoms with Crippen LogP contribution in [-0.4, -0.2) is 23.5 Å². The molecule has 0 heterocycles. The Balaban J connectivity index is 2.21. The topological polar surface area (TPSA) is 57.6 Å². The SMILES string of the molecule is CCN(C(=O)C1CCCC1C(=O)O)c1ccc(C)cc1. The molecule has 1 amide bonds. The van der Waals surface area contributed by atoms with Gasteiger partial charge >= 0.3 is 5.97 Å². The van der Waals surface area contributed by atoms with Crippen molar-refractivity contribution in [1.82, 2.24) is 0 Å². The summed E-state index contributed by atoms with van der Waals surface area (Å²) in [5.41, 5.74) is 1.99. The molecule has 1 aliphatic carbocycles. The summed E-state index contributed by atoms with van der Waals surface area (Å²) in [6, 6.07) is 7.77. The molecule has 20 heavy (non-hydrogen) atoms. The number of aliphatic carboxylic acids is 1. The Morgan fingerprint density at radius 2 is 1.80 bits per heavy atom. The number of rotatable bonds is 4. The monoisotopic (exact) mass is 275 g/mol. The predicted molar refractivity (Wildman–Crippen MR) is 77.7 cm³/mol. The second-order valence-electron chi connectivity index (χ2n) is 5.40. The summed E-state index contributed by atoms with van der Waals surface area (Å²) in [6.07, 6.45) is 2.11. The lowest BCUT2D eigenvalue weighted by molar-refractivity contribution is -0.145. The van der Waals surface area contributed by atoms with E-state index in [1.54, 1.807) is 4.90 Å². The molecule has 108 valence electrons. The van der Waals surface area contributed by atoms with Gasteiger partial charge in [0.1, 0.15) is 0 Å². The highest BCUT2D eigenvalue weighted by Gasteiger charge is 2.39. The smallest absolute Gasteiger partial charge is 0.307 e. The summed E-state index contributed by atoms with van der Waals surface area (Å²) in [5.74, 6) is -1.81. The number of aryl methyl sites for hydroxylation is 1. The minimum atomic E-state index is -0.846. The van der Waals surface area contributed by atoms with E-state index in [9.17, 15) is 14.7 Å². The maximum absolute atomic E-state index is 12.6. The molecule has 4 heteroatoms. The van der Waals surface area contributed by atoms with E-state index >= 15 is 0 Å². The number of hydrogen-bond acceptors (Lipinski definition) is 2. The average Bonchev–Trinajstić information content (AvgIpc) is 2.91. The lowest BCUT2D eigenvalue weighted by Crippen LogP contribution is -2.39. The molecule has 0 bridgehead atoms. The molecule has 1 aliphatic rings. The van der Waals surface area contributed by atoms with Gasteiger partial charge in [0.25, 0.3) is 0 Å².